The van der Waals surface area contributed by atoms with Crippen molar-refractivity contribution in [2.75, 3.05) is 32.8 Å². The second-order valence-corrected chi connectivity index (χ2v) is 7.35. The van der Waals surface area contributed by atoms with Crippen LogP contribution < -0.4 is 4.74 Å². The number of ether oxygens (including phenoxy) is 2. The number of carbonyl (C=O) groups is 1. The van der Waals surface area contributed by atoms with Gasteiger partial charge in [0.15, 0.2) is 0 Å². The van der Waals surface area contributed by atoms with E-state index in [0.29, 0.717) is 19.7 Å². The molecule has 1 saturated heterocycles. The number of nitrogens with zero attached hydrogens (tertiary/aromatic N) is 2. The Balaban J connectivity index is 1.68. The lowest BCUT2D eigenvalue weighted by molar-refractivity contribution is 0.0907. The fraction of sp³-hybridized carbons (Fsp3) is 0.348. The molecule has 0 saturated carbocycles. The van der Waals surface area contributed by atoms with E-state index in [9.17, 15) is 4.79 Å². The van der Waals surface area contributed by atoms with Gasteiger partial charge in [0.05, 0.1) is 6.61 Å². The van der Waals surface area contributed by atoms with Gasteiger partial charge < -0.3 is 19.3 Å². The molecule has 5 nitrogen and oxygen atoms in total. The zero-order chi connectivity index (χ0) is 19.7. The summed E-state index contributed by atoms with van der Waals surface area (Å²) >= 11 is 0. The predicted molar refractivity (Wildman–Crippen MR) is 110 cm³/mol. The van der Waals surface area contributed by atoms with Gasteiger partial charge in [-0.1, -0.05) is 23.3 Å². The lowest BCUT2D eigenvalue weighted by Gasteiger charge is -2.37. The van der Waals surface area contributed by atoms with Gasteiger partial charge in [0, 0.05) is 43.0 Å². The molecule has 0 aromatic heterocycles. The van der Waals surface area contributed by atoms with Gasteiger partial charge in [0.25, 0.3) is 0 Å². The van der Waals surface area contributed by atoms with Crippen LogP contribution in [0, 0.1) is 13.8 Å². The average Bonchev–Trinajstić information content (AvgIpc) is 2.84. The Morgan fingerprint density at radius 1 is 1.00 bits per heavy atom. The predicted octanol–water partition coefficient (Wildman–Crippen LogP) is 4.68. The Morgan fingerprint density at radius 2 is 1.68 bits per heavy atom. The number of aryl methyl sites for hydroxylation is 2. The third-order valence-corrected chi connectivity index (χ3v) is 5.23. The van der Waals surface area contributed by atoms with E-state index in [-0.39, 0.29) is 6.09 Å². The first kappa shape index (κ1) is 18.4. The van der Waals surface area contributed by atoms with E-state index in [0.717, 1.165) is 41.4 Å². The molecule has 1 amide bonds. The number of hydrogen-bond acceptors (Lipinski definition) is 4. The summed E-state index contributed by atoms with van der Waals surface area (Å²) in [5, 5.41) is 0. The molecule has 2 aromatic carbocycles. The highest BCUT2D eigenvalue weighted by Gasteiger charge is 2.26. The van der Waals surface area contributed by atoms with E-state index >= 15 is 0 Å². The van der Waals surface area contributed by atoms with Crippen LogP contribution in [0.3, 0.4) is 0 Å². The van der Waals surface area contributed by atoms with Crippen LogP contribution in [-0.2, 0) is 4.74 Å². The highest BCUT2D eigenvalue weighted by atomic mass is 16.6. The molecule has 2 aromatic rings. The van der Waals surface area contributed by atoms with Gasteiger partial charge >= 0.3 is 6.09 Å². The molecule has 0 radical (unpaired) electrons. The van der Waals surface area contributed by atoms with Crippen LogP contribution in [0.25, 0.3) is 11.8 Å². The zero-order valence-electron chi connectivity index (χ0n) is 16.7. The molecule has 2 heterocycles. The SMILES string of the molecule is CCOC(=O)N1CCN(C2=Cc3cc(C)ccc3Oc3ccc(C)cc32)CC1. The maximum Gasteiger partial charge on any atom is 0.409 e. The number of piperazine rings is 1. The van der Waals surface area contributed by atoms with E-state index in [4.69, 9.17) is 9.47 Å². The Hall–Kier alpha value is -2.95. The lowest BCUT2D eigenvalue weighted by atomic mass is 10.0. The number of carbonyl (C=O) groups excluding carboxylic acids is 1. The number of hydrogen-bond donors (Lipinski definition) is 0. The Bertz CT molecular complexity index is 927. The van der Waals surface area contributed by atoms with Crippen molar-refractivity contribution in [1.29, 1.82) is 0 Å². The zero-order valence-corrected chi connectivity index (χ0v) is 16.7. The summed E-state index contributed by atoms with van der Waals surface area (Å²) in [7, 11) is 0. The molecule has 28 heavy (non-hydrogen) atoms. The number of benzene rings is 2. The lowest BCUT2D eigenvalue weighted by Crippen LogP contribution is -2.48. The molecule has 5 heteroatoms. The standard InChI is InChI=1S/C23H26N2O3/c1-4-27-23(26)25-11-9-24(10-12-25)20-15-18-13-16(2)5-7-21(18)28-22-8-6-17(3)14-19(20)22/h5-8,13-15H,4,9-12H2,1-3H3. The first-order valence-electron chi connectivity index (χ1n) is 9.83. The number of fused-ring (bicyclic) bond motifs is 2. The van der Waals surface area contributed by atoms with Crippen LogP contribution in [0.15, 0.2) is 36.4 Å². The summed E-state index contributed by atoms with van der Waals surface area (Å²) in [6, 6.07) is 12.6. The molecule has 0 atom stereocenters. The van der Waals surface area contributed by atoms with Crippen molar-refractivity contribution in [3.8, 4) is 11.5 Å². The fourth-order valence-corrected chi connectivity index (χ4v) is 3.76. The molecule has 146 valence electrons. The largest absolute Gasteiger partial charge is 0.456 e. The molecule has 0 bridgehead atoms. The van der Waals surface area contributed by atoms with Crippen molar-refractivity contribution in [1.82, 2.24) is 9.80 Å². The third-order valence-electron chi connectivity index (χ3n) is 5.23. The van der Waals surface area contributed by atoms with Crippen LogP contribution >= 0.6 is 0 Å². The highest BCUT2D eigenvalue weighted by Crippen LogP contribution is 2.40. The summed E-state index contributed by atoms with van der Waals surface area (Å²) in [5.74, 6) is 1.74. The minimum Gasteiger partial charge on any atom is -0.456 e. The van der Waals surface area contributed by atoms with Crippen molar-refractivity contribution >= 4 is 17.9 Å². The summed E-state index contributed by atoms with van der Waals surface area (Å²) in [6.07, 6.45) is 1.99. The van der Waals surface area contributed by atoms with E-state index in [2.05, 4.69) is 49.1 Å². The molecule has 4 rings (SSSR count). The van der Waals surface area contributed by atoms with Crippen molar-refractivity contribution in [2.24, 2.45) is 0 Å². The quantitative estimate of drug-likeness (QED) is 0.761. The van der Waals surface area contributed by atoms with Crippen LogP contribution in [-0.4, -0.2) is 48.7 Å². The molecule has 0 N–H and O–H groups in total. The first-order chi connectivity index (χ1) is 13.5. The topological polar surface area (TPSA) is 42.0 Å². The Labute approximate surface area is 166 Å². The average molecular weight is 378 g/mol. The van der Waals surface area contributed by atoms with E-state index in [1.165, 1.54) is 11.1 Å². The van der Waals surface area contributed by atoms with Gasteiger partial charge in [0.1, 0.15) is 11.5 Å². The van der Waals surface area contributed by atoms with Gasteiger partial charge in [0.2, 0.25) is 0 Å². The van der Waals surface area contributed by atoms with Crippen molar-refractivity contribution in [3.05, 3.63) is 58.7 Å². The smallest absolute Gasteiger partial charge is 0.409 e. The summed E-state index contributed by atoms with van der Waals surface area (Å²) in [6.45, 7) is 9.26. The Morgan fingerprint density at radius 3 is 2.39 bits per heavy atom. The van der Waals surface area contributed by atoms with Crippen LogP contribution in [0.5, 0.6) is 11.5 Å². The molecule has 0 spiro atoms. The van der Waals surface area contributed by atoms with Crippen molar-refractivity contribution in [2.45, 2.75) is 20.8 Å². The molecule has 2 aliphatic heterocycles. The Kier molecular flexibility index (Phi) is 4.99. The first-order valence-corrected chi connectivity index (χ1v) is 9.83. The minimum atomic E-state index is -0.224. The van der Waals surface area contributed by atoms with Crippen LogP contribution in [0.1, 0.15) is 29.2 Å². The molecule has 2 aliphatic rings. The number of rotatable bonds is 2. The third kappa shape index (κ3) is 3.57. The van der Waals surface area contributed by atoms with E-state index < -0.39 is 0 Å². The fourth-order valence-electron chi connectivity index (χ4n) is 3.76. The van der Waals surface area contributed by atoms with E-state index in [1.54, 1.807) is 4.90 Å². The monoisotopic (exact) mass is 378 g/mol. The van der Waals surface area contributed by atoms with Gasteiger partial charge in [-0.3, -0.25) is 0 Å². The molecular formula is C23H26N2O3. The summed E-state index contributed by atoms with van der Waals surface area (Å²) in [4.78, 5) is 16.2. The molecule has 1 fully saturated rings. The van der Waals surface area contributed by atoms with E-state index in [1.807, 2.05) is 19.1 Å². The second kappa shape index (κ2) is 7.58. The van der Waals surface area contributed by atoms with Gasteiger partial charge in [-0.25, -0.2) is 4.79 Å². The summed E-state index contributed by atoms with van der Waals surface area (Å²) < 4.78 is 11.4. The van der Waals surface area contributed by atoms with Crippen LogP contribution in [0.2, 0.25) is 0 Å². The number of amides is 1. The van der Waals surface area contributed by atoms with Crippen LogP contribution in [0.4, 0.5) is 4.79 Å². The summed E-state index contributed by atoms with van der Waals surface area (Å²) in [5.41, 5.74) is 5.72. The molecule has 0 unspecified atom stereocenters. The molecule has 0 aliphatic carbocycles. The maximum absolute atomic E-state index is 12.0. The van der Waals surface area contributed by atoms with Crippen molar-refractivity contribution < 1.29 is 14.3 Å². The van der Waals surface area contributed by atoms with Crippen molar-refractivity contribution in [3.63, 3.8) is 0 Å². The second-order valence-electron chi connectivity index (χ2n) is 7.35. The normalized spacial score (nSPS) is 15.8. The van der Waals surface area contributed by atoms with Gasteiger partial charge in [-0.15, -0.1) is 0 Å². The van der Waals surface area contributed by atoms with Gasteiger partial charge in [-0.2, -0.15) is 0 Å². The minimum absolute atomic E-state index is 0.224. The highest BCUT2D eigenvalue weighted by molar-refractivity contribution is 5.86. The van der Waals surface area contributed by atoms with Gasteiger partial charge in [-0.05, 0) is 51.1 Å². The maximum atomic E-state index is 12.0. The molecular weight excluding hydrogens is 352 g/mol.